The first-order chi connectivity index (χ1) is 16.2. The van der Waals surface area contributed by atoms with Crippen LogP contribution in [0.3, 0.4) is 0 Å². The Morgan fingerprint density at radius 3 is 2.46 bits per heavy atom. The molecular formula is C24H36FINO8-. The number of hydrogen-bond acceptors (Lipinski definition) is 8. The monoisotopic (exact) mass is 612 g/mol. The van der Waals surface area contributed by atoms with Gasteiger partial charge in [0.05, 0.1) is 0 Å². The van der Waals surface area contributed by atoms with E-state index in [1.807, 2.05) is 6.92 Å². The molecule has 3 N–H and O–H groups in total. The molecule has 9 nitrogen and oxygen atoms in total. The Hall–Kier alpha value is -1.21. The zero-order chi connectivity index (χ0) is 26.0. The topological polar surface area (TPSA) is 134 Å². The number of carbonyl (C=O) groups excluding carboxylic acids is 2. The summed E-state index contributed by atoms with van der Waals surface area (Å²) < 4.78 is 39.2. The SMILES string of the molecule is CCCO[C@@H]1C[C@@H]2[C@H]([C@]1(N)C(=O)OC(C)OC(=O)O[C@H]1C[C@H]3C[I-]C[C@]1(C)C3(C)C)[C@@]2(F)C(=O)O. The fraction of sp³-hybridized carbons (Fsp3) is 0.875. The van der Waals surface area contributed by atoms with Crippen molar-refractivity contribution in [2.75, 3.05) is 15.5 Å². The Labute approximate surface area is 215 Å². The van der Waals surface area contributed by atoms with Crippen LogP contribution >= 0.6 is 0 Å². The third kappa shape index (κ3) is 3.94. The first-order valence-corrected chi connectivity index (χ1v) is 15.2. The molecular weight excluding hydrogens is 576 g/mol. The van der Waals surface area contributed by atoms with Gasteiger partial charge >= 0.3 is 181 Å². The van der Waals surface area contributed by atoms with Gasteiger partial charge in [-0.15, -0.1) is 0 Å². The van der Waals surface area contributed by atoms with Crippen molar-refractivity contribution in [2.24, 2.45) is 34.3 Å². The van der Waals surface area contributed by atoms with Crippen LogP contribution in [0.25, 0.3) is 0 Å². The second-order valence-corrected chi connectivity index (χ2v) is 13.9. The molecule has 35 heavy (non-hydrogen) atoms. The summed E-state index contributed by atoms with van der Waals surface area (Å²) in [5.41, 5.74) is 1.66. The van der Waals surface area contributed by atoms with Gasteiger partial charge in [-0.1, -0.05) is 6.92 Å². The number of carboxylic acid groups (broad SMARTS) is 1. The summed E-state index contributed by atoms with van der Waals surface area (Å²) in [6.45, 7) is 10.1. The molecule has 0 spiro atoms. The number of halogens is 2. The molecule has 0 amide bonds. The third-order valence-electron chi connectivity index (χ3n) is 9.15. The molecule has 11 heteroatoms. The summed E-state index contributed by atoms with van der Waals surface area (Å²) in [4.78, 5) is 37.2. The summed E-state index contributed by atoms with van der Waals surface area (Å²) in [7, 11) is 0. The van der Waals surface area contributed by atoms with Crippen molar-refractivity contribution in [1.29, 1.82) is 0 Å². The predicted octanol–water partition coefficient (Wildman–Crippen LogP) is -0.512. The summed E-state index contributed by atoms with van der Waals surface area (Å²) >= 11 is 0.0712. The molecule has 4 aliphatic rings. The molecule has 1 unspecified atom stereocenters. The van der Waals surface area contributed by atoms with E-state index in [4.69, 9.17) is 24.7 Å². The van der Waals surface area contributed by atoms with E-state index in [-0.39, 0.29) is 51.2 Å². The van der Waals surface area contributed by atoms with Crippen molar-refractivity contribution < 1.29 is 64.0 Å². The first kappa shape index (κ1) is 26.8. The summed E-state index contributed by atoms with van der Waals surface area (Å²) in [6.07, 6.45) is -2.05. The molecule has 200 valence electrons. The van der Waals surface area contributed by atoms with E-state index in [1.165, 1.54) is 11.4 Å². The summed E-state index contributed by atoms with van der Waals surface area (Å²) in [5, 5.41) is 9.35. The Morgan fingerprint density at radius 1 is 1.17 bits per heavy atom. The quantitative estimate of drug-likeness (QED) is 0.161. The second-order valence-electron chi connectivity index (χ2n) is 11.2. The van der Waals surface area contributed by atoms with Crippen LogP contribution in [-0.2, 0) is 28.5 Å². The van der Waals surface area contributed by atoms with Gasteiger partial charge in [0.25, 0.3) is 0 Å². The van der Waals surface area contributed by atoms with E-state index in [2.05, 4.69) is 20.8 Å². The van der Waals surface area contributed by atoms with Gasteiger partial charge in [-0.25, -0.2) is 9.18 Å². The van der Waals surface area contributed by atoms with E-state index in [1.54, 1.807) is 0 Å². The molecule has 2 bridgehead atoms. The van der Waals surface area contributed by atoms with E-state index >= 15 is 4.39 Å². The number of carbonyl (C=O) groups is 3. The third-order valence-corrected chi connectivity index (χ3v) is 13.0. The van der Waals surface area contributed by atoms with Crippen molar-refractivity contribution in [3.8, 4) is 0 Å². The molecule has 9 atom stereocenters. The number of carboxylic acids is 1. The average Bonchev–Trinajstić information content (AvgIpc) is 3.25. The van der Waals surface area contributed by atoms with Crippen LogP contribution in [0, 0.1) is 28.6 Å². The normalized spacial score (nSPS) is 43.9. The van der Waals surface area contributed by atoms with Crippen molar-refractivity contribution in [3.05, 3.63) is 0 Å². The first-order valence-electron chi connectivity index (χ1n) is 12.2. The fourth-order valence-electron chi connectivity index (χ4n) is 6.38. The van der Waals surface area contributed by atoms with Gasteiger partial charge in [0.2, 0.25) is 0 Å². The Bertz CT molecular complexity index is 903. The van der Waals surface area contributed by atoms with Crippen LogP contribution in [0.5, 0.6) is 0 Å². The van der Waals surface area contributed by atoms with E-state index in [0.29, 0.717) is 12.3 Å². The molecule has 0 aromatic heterocycles. The summed E-state index contributed by atoms with van der Waals surface area (Å²) in [6, 6.07) is 0. The van der Waals surface area contributed by atoms with Gasteiger partial charge < -0.3 is 5.11 Å². The standard InChI is InChI=1S/C24H36FINO8/c1-6-7-32-16-9-14-17(23(14,25)18(28)29)24(16,27)19(30)33-12(2)34-20(31)35-15-8-13-10-26-11-22(15,5)21(13,3)4/h12-17H,6-11,27H2,1-5H3,(H,28,29)/q-1/t12?,13-,14+,15-,16+,17-,22-,23+,24-/m0/s1. The van der Waals surface area contributed by atoms with Crippen LogP contribution in [0.15, 0.2) is 0 Å². The van der Waals surface area contributed by atoms with Gasteiger partial charge in [0.1, 0.15) is 0 Å². The number of rotatable bonds is 8. The molecule has 0 aromatic rings. The predicted molar refractivity (Wildman–Crippen MR) is 117 cm³/mol. The minimum atomic E-state index is -2.60. The zero-order valence-corrected chi connectivity index (χ0v) is 23.0. The number of ether oxygens (including phenoxy) is 4. The van der Waals surface area contributed by atoms with Gasteiger partial charge in [0, 0.05) is 6.61 Å². The number of nitrogens with two attached hydrogens (primary N) is 1. The van der Waals surface area contributed by atoms with E-state index in [9.17, 15) is 19.5 Å². The van der Waals surface area contributed by atoms with Crippen molar-refractivity contribution in [3.63, 3.8) is 0 Å². The number of hydrogen-bond donors (Lipinski definition) is 2. The minimum Gasteiger partial charge on any atom is -0.479 e. The van der Waals surface area contributed by atoms with E-state index < -0.39 is 53.5 Å². The van der Waals surface area contributed by atoms with Crippen LogP contribution in [0.1, 0.15) is 53.9 Å². The molecule has 0 aromatic carbocycles. The smallest absolute Gasteiger partial charge is 0.479 e. The number of aliphatic carboxylic acids is 1. The molecule has 0 radical (unpaired) electrons. The van der Waals surface area contributed by atoms with Gasteiger partial charge in [-0.05, 0) is 6.42 Å². The van der Waals surface area contributed by atoms with Crippen LogP contribution in [-0.4, -0.2) is 68.4 Å². The Kier molecular flexibility index (Phi) is 6.88. The average molecular weight is 612 g/mol. The van der Waals surface area contributed by atoms with Crippen molar-refractivity contribution in [1.82, 2.24) is 0 Å². The Balaban J connectivity index is 1.39. The number of alkyl halides is 3. The second kappa shape index (κ2) is 8.97. The van der Waals surface area contributed by atoms with Crippen LogP contribution in [0.2, 0.25) is 0 Å². The molecule has 4 fully saturated rings. The van der Waals surface area contributed by atoms with Gasteiger partial charge in [-0.3, -0.25) is 0 Å². The zero-order valence-electron chi connectivity index (χ0n) is 20.8. The number of fused-ring (bicyclic) bond motifs is 3. The molecule has 4 rings (SSSR count). The molecule has 3 aliphatic carbocycles. The molecule has 3 saturated carbocycles. The van der Waals surface area contributed by atoms with Crippen LogP contribution < -0.4 is 26.9 Å². The van der Waals surface area contributed by atoms with Gasteiger partial charge in [-0.2, -0.15) is 0 Å². The summed E-state index contributed by atoms with van der Waals surface area (Å²) in [5.74, 6) is -4.42. The minimum absolute atomic E-state index is 0.00378. The molecule has 1 heterocycles. The maximum absolute atomic E-state index is 15.0. The van der Waals surface area contributed by atoms with E-state index in [0.717, 1.165) is 10.8 Å². The van der Waals surface area contributed by atoms with Gasteiger partial charge in [0.15, 0.2) is 0 Å². The Morgan fingerprint density at radius 2 is 1.86 bits per heavy atom. The molecule has 1 saturated heterocycles. The van der Waals surface area contributed by atoms with Crippen molar-refractivity contribution >= 4 is 18.1 Å². The number of esters is 1. The molecule has 1 aliphatic heterocycles. The fourth-order valence-corrected chi connectivity index (χ4v) is 11.5. The maximum atomic E-state index is 15.0. The van der Waals surface area contributed by atoms with Crippen molar-refractivity contribution in [2.45, 2.75) is 83.6 Å². The van der Waals surface area contributed by atoms with Crippen LogP contribution in [0.4, 0.5) is 9.18 Å².